The molecule has 0 aromatic rings. The number of rotatable bonds is 3. The van der Waals surface area contributed by atoms with E-state index in [9.17, 15) is 18.6 Å². The first-order valence-corrected chi connectivity index (χ1v) is 12.0. The Balaban J connectivity index is 1.60. The zero-order valence-electron chi connectivity index (χ0n) is 17.1. The molecule has 0 radical (unpaired) electrons. The van der Waals surface area contributed by atoms with Crippen LogP contribution in [-0.4, -0.2) is 41.0 Å². The van der Waals surface area contributed by atoms with Gasteiger partial charge in [0.05, 0.1) is 17.8 Å². The molecule has 0 bridgehead atoms. The zero-order valence-corrected chi connectivity index (χ0v) is 17.9. The molecule has 0 spiro atoms. The smallest absolute Gasteiger partial charge is 0.390 e. The first-order chi connectivity index (χ1) is 12.9. The Bertz CT molecular complexity index is 776. The van der Waals surface area contributed by atoms with E-state index in [2.05, 4.69) is 19.9 Å². The van der Waals surface area contributed by atoms with Crippen molar-refractivity contribution in [3.05, 3.63) is 11.6 Å². The highest BCUT2D eigenvalue weighted by Gasteiger charge is 2.65. The SMILES string of the molecule is C[C@H](O)[C@@]1(O)CC[C@H]2[C@@H]3CC=C4C[C@H](OS(=O)(=O)O)CC[C@]4(C)[C@H]3CC[C@@]21C. The molecule has 0 heterocycles. The summed E-state index contributed by atoms with van der Waals surface area (Å²) in [7, 11) is -4.42. The number of aliphatic hydroxyl groups excluding tert-OH is 1. The standard InChI is InChI=1S/C21H34O6S/c1-13(22)21(23)11-8-18-16-5-4-14-12-15(27-28(24,25)26)6-9-19(14,2)17(16)7-10-20(18,21)3/h4,13,15-18,22-23H,5-12H2,1-3H3,(H,24,25,26)/t13-,15+,16+,17-,18-,19-,20-,21-/m0/s1. The average molecular weight is 415 g/mol. The summed E-state index contributed by atoms with van der Waals surface area (Å²) in [5.74, 6) is 1.39. The van der Waals surface area contributed by atoms with E-state index in [-0.39, 0.29) is 10.8 Å². The lowest BCUT2D eigenvalue weighted by Crippen LogP contribution is -2.58. The van der Waals surface area contributed by atoms with Crippen LogP contribution in [0.2, 0.25) is 0 Å². The number of hydrogen-bond acceptors (Lipinski definition) is 5. The third-order valence-corrected chi connectivity index (χ3v) is 9.74. The molecule has 0 aliphatic heterocycles. The van der Waals surface area contributed by atoms with E-state index in [0.29, 0.717) is 37.0 Å². The predicted molar refractivity (Wildman–Crippen MR) is 105 cm³/mol. The van der Waals surface area contributed by atoms with Gasteiger partial charge in [-0.1, -0.05) is 25.5 Å². The van der Waals surface area contributed by atoms with Gasteiger partial charge in [0.1, 0.15) is 0 Å². The molecular formula is C21H34O6S. The van der Waals surface area contributed by atoms with E-state index >= 15 is 0 Å². The Labute approximate surface area is 168 Å². The molecule has 8 atom stereocenters. The summed E-state index contributed by atoms with van der Waals surface area (Å²) in [5, 5.41) is 21.6. The lowest BCUT2D eigenvalue weighted by molar-refractivity contribution is -0.170. The van der Waals surface area contributed by atoms with Gasteiger partial charge in [-0.05, 0) is 81.5 Å². The van der Waals surface area contributed by atoms with Crippen LogP contribution in [0.15, 0.2) is 11.6 Å². The van der Waals surface area contributed by atoms with Gasteiger partial charge in [-0.2, -0.15) is 8.42 Å². The monoisotopic (exact) mass is 414 g/mol. The second kappa shape index (κ2) is 6.51. The van der Waals surface area contributed by atoms with Crippen LogP contribution >= 0.6 is 0 Å². The molecule has 0 saturated heterocycles. The van der Waals surface area contributed by atoms with Gasteiger partial charge in [-0.15, -0.1) is 0 Å². The Hall–Kier alpha value is -0.470. The third kappa shape index (κ3) is 2.92. The van der Waals surface area contributed by atoms with E-state index < -0.39 is 28.2 Å². The van der Waals surface area contributed by atoms with Crippen molar-refractivity contribution in [1.29, 1.82) is 0 Å². The van der Waals surface area contributed by atoms with Crippen LogP contribution in [-0.2, 0) is 14.6 Å². The molecule has 6 nitrogen and oxygen atoms in total. The summed E-state index contributed by atoms with van der Waals surface area (Å²) < 4.78 is 36.1. The Morgan fingerprint density at radius 3 is 2.46 bits per heavy atom. The quantitative estimate of drug-likeness (QED) is 0.484. The van der Waals surface area contributed by atoms with Crippen molar-refractivity contribution in [3.8, 4) is 0 Å². The van der Waals surface area contributed by atoms with Crippen LogP contribution in [0, 0.1) is 28.6 Å². The lowest BCUT2D eigenvalue weighted by Gasteiger charge is -2.59. The van der Waals surface area contributed by atoms with Gasteiger partial charge in [0.2, 0.25) is 0 Å². The van der Waals surface area contributed by atoms with Crippen molar-refractivity contribution in [1.82, 2.24) is 0 Å². The molecule has 0 aromatic carbocycles. The van der Waals surface area contributed by atoms with Crippen molar-refractivity contribution in [3.63, 3.8) is 0 Å². The Morgan fingerprint density at radius 2 is 1.82 bits per heavy atom. The van der Waals surface area contributed by atoms with Gasteiger partial charge in [0, 0.05) is 5.41 Å². The number of hydrogen-bond donors (Lipinski definition) is 3. The summed E-state index contributed by atoms with van der Waals surface area (Å²) in [6.45, 7) is 6.19. The van der Waals surface area contributed by atoms with Crippen molar-refractivity contribution >= 4 is 10.4 Å². The highest BCUT2D eigenvalue weighted by molar-refractivity contribution is 7.80. The minimum absolute atomic E-state index is 0.0227. The Morgan fingerprint density at radius 1 is 1.14 bits per heavy atom. The molecular weight excluding hydrogens is 380 g/mol. The second-order valence-corrected chi connectivity index (χ2v) is 11.3. The summed E-state index contributed by atoms with van der Waals surface area (Å²) >= 11 is 0. The zero-order chi connectivity index (χ0) is 20.5. The van der Waals surface area contributed by atoms with Crippen LogP contribution in [0.4, 0.5) is 0 Å². The van der Waals surface area contributed by atoms with Crippen LogP contribution < -0.4 is 0 Å². The average Bonchev–Trinajstić information content (AvgIpc) is 2.87. The third-order valence-electron chi connectivity index (χ3n) is 9.22. The van der Waals surface area contributed by atoms with Crippen molar-refractivity contribution in [2.24, 2.45) is 28.6 Å². The predicted octanol–water partition coefficient (Wildman–Crippen LogP) is 3.25. The lowest BCUT2D eigenvalue weighted by atomic mass is 9.46. The van der Waals surface area contributed by atoms with Crippen LogP contribution in [0.5, 0.6) is 0 Å². The molecule has 160 valence electrons. The number of aliphatic hydroxyl groups is 2. The van der Waals surface area contributed by atoms with Gasteiger partial charge >= 0.3 is 10.4 Å². The fraction of sp³-hybridized carbons (Fsp3) is 0.905. The van der Waals surface area contributed by atoms with Gasteiger partial charge in [0.25, 0.3) is 0 Å². The maximum atomic E-state index is 11.3. The number of fused-ring (bicyclic) bond motifs is 5. The Kier molecular flexibility index (Phi) is 4.83. The number of allylic oxidation sites excluding steroid dienone is 1. The van der Waals surface area contributed by atoms with Crippen LogP contribution in [0.25, 0.3) is 0 Å². The summed E-state index contributed by atoms with van der Waals surface area (Å²) in [6.07, 6.45) is 7.57. The molecule has 0 unspecified atom stereocenters. The molecule has 3 N–H and O–H groups in total. The van der Waals surface area contributed by atoms with E-state index in [4.69, 9.17) is 8.74 Å². The highest BCUT2D eigenvalue weighted by atomic mass is 32.3. The first kappa shape index (κ1) is 20.8. The van der Waals surface area contributed by atoms with Crippen molar-refractivity contribution in [2.45, 2.75) is 89.9 Å². The minimum Gasteiger partial charge on any atom is -0.390 e. The summed E-state index contributed by atoms with van der Waals surface area (Å²) in [5.41, 5.74) is 0.0274. The fourth-order valence-corrected chi connectivity index (χ4v) is 8.13. The van der Waals surface area contributed by atoms with Gasteiger partial charge < -0.3 is 10.2 Å². The van der Waals surface area contributed by atoms with Crippen molar-refractivity contribution in [2.75, 3.05) is 0 Å². The van der Waals surface area contributed by atoms with E-state index in [0.717, 1.165) is 32.1 Å². The van der Waals surface area contributed by atoms with Gasteiger partial charge in [-0.25, -0.2) is 4.18 Å². The fourth-order valence-electron chi connectivity index (χ4n) is 7.62. The van der Waals surface area contributed by atoms with E-state index in [1.54, 1.807) is 6.92 Å². The molecule has 4 aliphatic carbocycles. The van der Waals surface area contributed by atoms with Crippen LogP contribution in [0.1, 0.15) is 72.1 Å². The molecule has 3 saturated carbocycles. The molecule has 4 aliphatic rings. The normalized spacial score (nSPS) is 49.6. The molecule has 3 fully saturated rings. The topological polar surface area (TPSA) is 104 Å². The molecule has 7 heteroatoms. The summed E-state index contributed by atoms with van der Waals surface area (Å²) in [6, 6.07) is 0. The maximum absolute atomic E-state index is 11.3. The molecule has 0 amide bonds. The van der Waals surface area contributed by atoms with E-state index in [1.807, 2.05) is 0 Å². The second-order valence-electron chi connectivity index (χ2n) is 10.2. The maximum Gasteiger partial charge on any atom is 0.397 e. The molecule has 0 aromatic heterocycles. The van der Waals surface area contributed by atoms with E-state index in [1.165, 1.54) is 5.57 Å². The van der Waals surface area contributed by atoms with Gasteiger partial charge in [0.15, 0.2) is 0 Å². The minimum atomic E-state index is -4.42. The summed E-state index contributed by atoms with van der Waals surface area (Å²) in [4.78, 5) is 0. The van der Waals surface area contributed by atoms with Gasteiger partial charge in [-0.3, -0.25) is 4.55 Å². The molecule has 4 rings (SSSR count). The van der Waals surface area contributed by atoms with Crippen molar-refractivity contribution < 1.29 is 27.4 Å². The highest BCUT2D eigenvalue weighted by Crippen LogP contribution is 2.67. The first-order valence-electron chi connectivity index (χ1n) is 10.7. The largest absolute Gasteiger partial charge is 0.397 e. The molecule has 28 heavy (non-hydrogen) atoms. The van der Waals surface area contributed by atoms with Crippen LogP contribution in [0.3, 0.4) is 0 Å².